The van der Waals surface area contributed by atoms with Gasteiger partial charge < -0.3 is 15.2 Å². The number of rotatable bonds is 5. The summed E-state index contributed by atoms with van der Waals surface area (Å²) >= 11 is 9.35. The molecule has 2 aromatic rings. The number of aliphatic hydroxyl groups is 1. The Morgan fingerprint density at radius 3 is 2.50 bits per heavy atom. The highest BCUT2D eigenvalue weighted by atomic mass is 79.9. The van der Waals surface area contributed by atoms with Gasteiger partial charge in [-0.15, -0.1) is 0 Å². The molecule has 106 valence electrons. The number of methoxy groups -OCH3 is 1. The fraction of sp³-hybridized carbons (Fsp3) is 0.200. The van der Waals surface area contributed by atoms with Crippen molar-refractivity contribution in [2.45, 2.75) is 6.04 Å². The second-order valence-electron chi connectivity index (χ2n) is 4.28. The van der Waals surface area contributed by atoms with Crippen molar-refractivity contribution in [3.8, 4) is 5.75 Å². The minimum absolute atomic E-state index is 0.00737. The second kappa shape index (κ2) is 6.97. The summed E-state index contributed by atoms with van der Waals surface area (Å²) in [5, 5.41) is 13.5. The molecule has 0 saturated carbocycles. The van der Waals surface area contributed by atoms with Crippen molar-refractivity contribution in [2.75, 3.05) is 19.0 Å². The van der Waals surface area contributed by atoms with E-state index in [4.69, 9.17) is 16.3 Å². The molecular weight excluding hydrogens is 342 g/mol. The quantitative estimate of drug-likeness (QED) is 0.841. The van der Waals surface area contributed by atoms with Crippen molar-refractivity contribution in [3.63, 3.8) is 0 Å². The third-order valence-corrected chi connectivity index (χ3v) is 4.18. The van der Waals surface area contributed by atoms with Gasteiger partial charge in [0.15, 0.2) is 0 Å². The smallest absolute Gasteiger partial charge is 0.118 e. The van der Waals surface area contributed by atoms with Gasteiger partial charge in [-0.25, -0.2) is 0 Å². The van der Waals surface area contributed by atoms with E-state index in [2.05, 4.69) is 21.2 Å². The predicted molar refractivity (Wildman–Crippen MR) is 85.6 cm³/mol. The normalized spacial score (nSPS) is 12.0. The predicted octanol–water partition coefficient (Wildman–Crippen LogP) is 4.26. The van der Waals surface area contributed by atoms with E-state index in [1.165, 1.54) is 0 Å². The number of nitrogens with one attached hydrogen (secondary N) is 1. The topological polar surface area (TPSA) is 41.5 Å². The Morgan fingerprint density at radius 2 is 1.95 bits per heavy atom. The zero-order valence-corrected chi connectivity index (χ0v) is 13.3. The van der Waals surface area contributed by atoms with Crippen molar-refractivity contribution in [2.24, 2.45) is 0 Å². The Bertz CT molecular complexity index is 575. The maximum atomic E-state index is 9.56. The molecule has 0 amide bonds. The van der Waals surface area contributed by atoms with E-state index < -0.39 is 0 Å². The number of hydrogen-bond acceptors (Lipinski definition) is 3. The summed E-state index contributed by atoms with van der Waals surface area (Å²) in [6.45, 7) is -0.00737. The average molecular weight is 357 g/mol. The lowest BCUT2D eigenvalue weighted by Crippen LogP contribution is -2.14. The van der Waals surface area contributed by atoms with E-state index >= 15 is 0 Å². The summed E-state index contributed by atoms with van der Waals surface area (Å²) in [4.78, 5) is 0. The fourth-order valence-corrected chi connectivity index (χ4v) is 2.35. The molecule has 1 unspecified atom stereocenters. The molecule has 3 nitrogen and oxygen atoms in total. The van der Waals surface area contributed by atoms with Gasteiger partial charge in [-0.3, -0.25) is 0 Å². The van der Waals surface area contributed by atoms with Gasteiger partial charge in [-0.1, -0.05) is 23.7 Å². The molecule has 20 heavy (non-hydrogen) atoms. The first kappa shape index (κ1) is 15.2. The number of hydrogen-bond donors (Lipinski definition) is 2. The lowest BCUT2D eigenvalue weighted by atomic mass is 10.1. The van der Waals surface area contributed by atoms with Crippen LogP contribution in [0.25, 0.3) is 0 Å². The average Bonchev–Trinajstić information content (AvgIpc) is 2.48. The number of anilines is 1. The van der Waals surface area contributed by atoms with Crippen LogP contribution in [-0.2, 0) is 0 Å². The summed E-state index contributed by atoms with van der Waals surface area (Å²) in [7, 11) is 1.63. The van der Waals surface area contributed by atoms with Crippen LogP contribution in [0.3, 0.4) is 0 Å². The third-order valence-electron chi connectivity index (χ3n) is 2.96. The van der Waals surface area contributed by atoms with Gasteiger partial charge in [0.1, 0.15) is 5.75 Å². The Balaban J connectivity index is 2.16. The van der Waals surface area contributed by atoms with Gasteiger partial charge in [0.25, 0.3) is 0 Å². The molecule has 0 spiro atoms. The molecule has 0 aliphatic heterocycles. The van der Waals surface area contributed by atoms with Gasteiger partial charge in [-0.2, -0.15) is 0 Å². The van der Waals surface area contributed by atoms with Crippen molar-refractivity contribution in [3.05, 3.63) is 57.5 Å². The summed E-state index contributed by atoms with van der Waals surface area (Å²) in [5.41, 5.74) is 1.87. The van der Waals surface area contributed by atoms with Crippen molar-refractivity contribution in [1.29, 1.82) is 0 Å². The molecule has 2 aromatic carbocycles. The van der Waals surface area contributed by atoms with E-state index in [-0.39, 0.29) is 12.6 Å². The minimum atomic E-state index is -0.186. The van der Waals surface area contributed by atoms with Crippen molar-refractivity contribution < 1.29 is 9.84 Å². The highest BCUT2D eigenvalue weighted by molar-refractivity contribution is 9.10. The molecule has 0 heterocycles. The summed E-state index contributed by atoms with van der Waals surface area (Å²) in [5.74, 6) is 0.791. The number of halogens is 2. The van der Waals surface area contributed by atoms with Crippen LogP contribution in [0.4, 0.5) is 5.69 Å². The maximum Gasteiger partial charge on any atom is 0.118 e. The molecule has 0 aromatic heterocycles. The van der Waals surface area contributed by atoms with Gasteiger partial charge in [-0.05, 0) is 51.8 Å². The Morgan fingerprint density at radius 1 is 1.25 bits per heavy atom. The SMILES string of the molecule is COc1ccc(C(CO)Nc2ccc(Cl)c(Br)c2)cc1. The van der Waals surface area contributed by atoms with Crippen LogP contribution < -0.4 is 10.1 Å². The van der Waals surface area contributed by atoms with Crippen molar-refractivity contribution in [1.82, 2.24) is 0 Å². The number of ether oxygens (including phenoxy) is 1. The van der Waals surface area contributed by atoms with E-state index in [9.17, 15) is 5.11 Å². The first-order valence-electron chi connectivity index (χ1n) is 6.10. The van der Waals surface area contributed by atoms with Crippen LogP contribution in [0.15, 0.2) is 46.9 Å². The highest BCUT2D eigenvalue weighted by Crippen LogP contribution is 2.28. The van der Waals surface area contributed by atoms with E-state index in [0.717, 1.165) is 21.5 Å². The van der Waals surface area contributed by atoms with E-state index in [1.807, 2.05) is 36.4 Å². The van der Waals surface area contributed by atoms with Crippen LogP contribution >= 0.6 is 27.5 Å². The molecule has 0 fully saturated rings. The van der Waals surface area contributed by atoms with Crippen LogP contribution in [0.5, 0.6) is 5.75 Å². The Kier molecular flexibility index (Phi) is 5.29. The van der Waals surface area contributed by atoms with Crippen LogP contribution in [-0.4, -0.2) is 18.8 Å². The van der Waals surface area contributed by atoms with Gasteiger partial charge >= 0.3 is 0 Å². The Hall–Kier alpha value is -1.23. The second-order valence-corrected chi connectivity index (χ2v) is 5.54. The molecule has 2 rings (SSSR count). The molecule has 0 aliphatic rings. The number of benzene rings is 2. The zero-order valence-electron chi connectivity index (χ0n) is 10.9. The molecule has 2 N–H and O–H groups in total. The van der Waals surface area contributed by atoms with Gasteiger partial charge in [0.2, 0.25) is 0 Å². The first-order chi connectivity index (χ1) is 9.63. The summed E-state index contributed by atoms with van der Waals surface area (Å²) in [6, 6.07) is 13.0. The van der Waals surface area contributed by atoms with Gasteiger partial charge in [0, 0.05) is 10.2 Å². The molecule has 0 radical (unpaired) electrons. The maximum absolute atomic E-state index is 9.56. The lowest BCUT2D eigenvalue weighted by Gasteiger charge is -2.18. The van der Waals surface area contributed by atoms with E-state index in [0.29, 0.717) is 5.02 Å². The van der Waals surface area contributed by atoms with Crippen LogP contribution in [0.2, 0.25) is 5.02 Å². The molecular formula is C15H15BrClNO2. The molecule has 0 bridgehead atoms. The summed E-state index contributed by atoms with van der Waals surface area (Å²) < 4.78 is 5.94. The fourth-order valence-electron chi connectivity index (χ4n) is 1.86. The molecule has 0 aliphatic carbocycles. The van der Waals surface area contributed by atoms with E-state index in [1.54, 1.807) is 13.2 Å². The highest BCUT2D eigenvalue weighted by Gasteiger charge is 2.11. The molecule has 5 heteroatoms. The van der Waals surface area contributed by atoms with Crippen LogP contribution in [0, 0.1) is 0 Å². The molecule has 0 saturated heterocycles. The minimum Gasteiger partial charge on any atom is -0.497 e. The van der Waals surface area contributed by atoms with Crippen LogP contribution in [0.1, 0.15) is 11.6 Å². The number of aliphatic hydroxyl groups excluding tert-OH is 1. The largest absolute Gasteiger partial charge is 0.497 e. The zero-order chi connectivity index (χ0) is 14.5. The molecule has 1 atom stereocenters. The first-order valence-corrected chi connectivity index (χ1v) is 7.27. The lowest BCUT2D eigenvalue weighted by molar-refractivity contribution is 0.276. The summed E-state index contributed by atoms with van der Waals surface area (Å²) in [6.07, 6.45) is 0. The van der Waals surface area contributed by atoms with Gasteiger partial charge in [0.05, 0.1) is 24.8 Å². The van der Waals surface area contributed by atoms with Crippen molar-refractivity contribution >= 4 is 33.2 Å². The Labute approximate surface area is 131 Å². The third kappa shape index (κ3) is 3.66. The standard InChI is InChI=1S/C15H15BrClNO2/c1-20-12-5-2-10(3-6-12)15(9-19)18-11-4-7-14(17)13(16)8-11/h2-8,15,18-19H,9H2,1H3. The monoisotopic (exact) mass is 355 g/mol.